The predicted molar refractivity (Wildman–Crippen MR) is 111 cm³/mol. The van der Waals surface area contributed by atoms with Crippen molar-refractivity contribution in [2.45, 2.75) is 53.2 Å². The molecule has 1 atom stereocenters. The summed E-state index contributed by atoms with van der Waals surface area (Å²) in [6.45, 7) is 9.57. The summed E-state index contributed by atoms with van der Waals surface area (Å²) in [5.41, 5.74) is 4.76. The van der Waals surface area contributed by atoms with Gasteiger partial charge in [-0.1, -0.05) is 18.2 Å². The van der Waals surface area contributed by atoms with E-state index in [1.807, 2.05) is 49.9 Å². The first-order valence-electron chi connectivity index (χ1n) is 10.2. The number of rotatable bonds is 7. The summed E-state index contributed by atoms with van der Waals surface area (Å²) in [5.74, 6) is -0.383. The summed E-state index contributed by atoms with van der Waals surface area (Å²) < 4.78 is 10.9. The van der Waals surface area contributed by atoms with Crippen molar-refractivity contribution in [1.82, 2.24) is 9.88 Å². The van der Waals surface area contributed by atoms with Crippen LogP contribution in [-0.4, -0.2) is 47.6 Å². The molecule has 2 heterocycles. The minimum Gasteiger partial charge on any atom is -0.461 e. The van der Waals surface area contributed by atoms with Gasteiger partial charge in [-0.2, -0.15) is 0 Å². The van der Waals surface area contributed by atoms with Crippen LogP contribution in [-0.2, 0) is 16.0 Å². The Labute approximate surface area is 172 Å². The number of esters is 1. The van der Waals surface area contributed by atoms with E-state index in [0.29, 0.717) is 31.0 Å². The lowest BCUT2D eigenvalue weighted by molar-refractivity contribution is 0.0506. The van der Waals surface area contributed by atoms with Crippen molar-refractivity contribution in [3.8, 4) is 0 Å². The highest BCUT2D eigenvalue weighted by Gasteiger charge is 2.27. The molecule has 1 fully saturated rings. The van der Waals surface area contributed by atoms with Gasteiger partial charge in [-0.3, -0.25) is 4.79 Å². The van der Waals surface area contributed by atoms with Gasteiger partial charge in [0.1, 0.15) is 5.69 Å². The monoisotopic (exact) mass is 398 g/mol. The lowest BCUT2D eigenvalue weighted by Gasteiger charge is -2.26. The van der Waals surface area contributed by atoms with E-state index in [1.54, 1.807) is 6.92 Å². The quantitative estimate of drug-likeness (QED) is 0.717. The van der Waals surface area contributed by atoms with Crippen LogP contribution in [0.25, 0.3) is 0 Å². The van der Waals surface area contributed by atoms with Crippen LogP contribution in [0.2, 0.25) is 0 Å². The number of carbonyl (C=O) groups excluding carboxylic acids is 2. The average molecular weight is 399 g/mol. The molecule has 1 aliphatic heterocycles. The summed E-state index contributed by atoms with van der Waals surface area (Å²) in [6.07, 6.45) is 2.02. The Morgan fingerprint density at radius 2 is 2.00 bits per heavy atom. The van der Waals surface area contributed by atoms with Crippen LogP contribution in [0, 0.1) is 20.8 Å². The van der Waals surface area contributed by atoms with E-state index < -0.39 is 0 Å². The molecule has 1 saturated heterocycles. The van der Waals surface area contributed by atoms with Gasteiger partial charge in [0.2, 0.25) is 0 Å². The fourth-order valence-corrected chi connectivity index (χ4v) is 3.86. The molecule has 1 amide bonds. The molecule has 0 saturated carbocycles. The molecule has 6 heteroatoms. The number of benzene rings is 1. The van der Waals surface area contributed by atoms with Crippen molar-refractivity contribution in [2.75, 3.05) is 19.8 Å². The van der Waals surface area contributed by atoms with Crippen molar-refractivity contribution < 1.29 is 19.1 Å². The zero-order valence-corrected chi connectivity index (χ0v) is 17.7. The van der Waals surface area contributed by atoms with Crippen LogP contribution in [0.15, 0.2) is 24.3 Å². The predicted octanol–water partition coefficient (Wildman–Crippen LogP) is 3.94. The molecule has 1 N–H and O–H groups in total. The molecule has 156 valence electrons. The van der Waals surface area contributed by atoms with E-state index in [0.717, 1.165) is 41.8 Å². The number of ether oxygens (including phenoxy) is 2. The first-order chi connectivity index (χ1) is 13.9. The maximum Gasteiger partial charge on any atom is 0.355 e. The molecular weight excluding hydrogens is 368 g/mol. The van der Waals surface area contributed by atoms with Crippen LogP contribution >= 0.6 is 0 Å². The molecule has 1 aromatic carbocycles. The molecule has 29 heavy (non-hydrogen) atoms. The number of carbonyl (C=O) groups is 2. The zero-order valence-electron chi connectivity index (χ0n) is 17.7. The molecule has 0 bridgehead atoms. The van der Waals surface area contributed by atoms with Gasteiger partial charge < -0.3 is 19.4 Å². The summed E-state index contributed by atoms with van der Waals surface area (Å²) in [5, 5.41) is 0. The lowest BCUT2D eigenvalue weighted by Crippen LogP contribution is -2.37. The van der Waals surface area contributed by atoms with E-state index in [-0.39, 0.29) is 18.0 Å². The van der Waals surface area contributed by atoms with E-state index in [9.17, 15) is 9.59 Å². The van der Waals surface area contributed by atoms with Crippen LogP contribution in [0.4, 0.5) is 0 Å². The number of nitrogens with one attached hydrogen (secondary N) is 1. The van der Waals surface area contributed by atoms with Crippen LogP contribution in [0.3, 0.4) is 0 Å². The highest BCUT2D eigenvalue weighted by molar-refractivity contribution is 5.95. The maximum absolute atomic E-state index is 13.4. The van der Waals surface area contributed by atoms with E-state index in [4.69, 9.17) is 9.47 Å². The number of hydrogen-bond donors (Lipinski definition) is 1. The average Bonchev–Trinajstić information content (AvgIpc) is 3.30. The summed E-state index contributed by atoms with van der Waals surface area (Å²) in [4.78, 5) is 30.6. The molecule has 2 aromatic rings. The Bertz CT molecular complexity index is 881. The normalized spacial score (nSPS) is 16.1. The van der Waals surface area contributed by atoms with Gasteiger partial charge in [-0.25, -0.2) is 4.79 Å². The lowest BCUT2D eigenvalue weighted by atomic mass is 10.1. The fraction of sp³-hybridized carbons (Fsp3) is 0.478. The third-order valence-electron chi connectivity index (χ3n) is 5.53. The van der Waals surface area contributed by atoms with Crippen LogP contribution < -0.4 is 0 Å². The SMILES string of the molecule is CCOC(=O)c1[nH]c(C)c(CN(C[C@H]2CCCO2)C(=O)c2ccccc2C)c1C. The first-order valence-corrected chi connectivity index (χ1v) is 10.2. The van der Waals surface area contributed by atoms with Gasteiger partial charge in [0.15, 0.2) is 0 Å². The summed E-state index contributed by atoms with van der Waals surface area (Å²) in [7, 11) is 0. The van der Waals surface area contributed by atoms with Crippen LogP contribution in [0.5, 0.6) is 0 Å². The minimum absolute atomic E-state index is 0.0173. The largest absolute Gasteiger partial charge is 0.461 e. The Kier molecular flexibility index (Phi) is 6.75. The van der Waals surface area contributed by atoms with Crippen LogP contribution in [0.1, 0.15) is 63.0 Å². The number of hydrogen-bond acceptors (Lipinski definition) is 4. The van der Waals surface area contributed by atoms with E-state index in [2.05, 4.69) is 4.98 Å². The van der Waals surface area contributed by atoms with Crippen molar-refractivity contribution in [3.05, 3.63) is 57.9 Å². The van der Waals surface area contributed by atoms with Gasteiger partial charge >= 0.3 is 5.97 Å². The van der Waals surface area contributed by atoms with Gasteiger partial charge in [0, 0.05) is 31.0 Å². The third kappa shape index (κ3) is 4.70. The minimum atomic E-state index is -0.366. The molecule has 3 rings (SSSR count). The van der Waals surface area contributed by atoms with E-state index >= 15 is 0 Å². The number of H-pyrrole nitrogens is 1. The summed E-state index contributed by atoms with van der Waals surface area (Å²) >= 11 is 0. The molecule has 0 radical (unpaired) electrons. The molecule has 1 aliphatic rings. The topological polar surface area (TPSA) is 71.6 Å². The number of aromatic nitrogens is 1. The van der Waals surface area contributed by atoms with Crippen molar-refractivity contribution in [2.24, 2.45) is 0 Å². The fourth-order valence-electron chi connectivity index (χ4n) is 3.86. The highest BCUT2D eigenvalue weighted by atomic mass is 16.5. The third-order valence-corrected chi connectivity index (χ3v) is 5.53. The van der Waals surface area contributed by atoms with E-state index in [1.165, 1.54) is 0 Å². The highest BCUT2D eigenvalue weighted by Crippen LogP contribution is 2.24. The Morgan fingerprint density at radius 1 is 1.24 bits per heavy atom. The Morgan fingerprint density at radius 3 is 2.66 bits per heavy atom. The molecule has 0 aliphatic carbocycles. The summed E-state index contributed by atoms with van der Waals surface area (Å²) in [6, 6.07) is 7.63. The molecule has 1 aromatic heterocycles. The molecule has 0 unspecified atom stereocenters. The second-order valence-corrected chi connectivity index (χ2v) is 7.58. The van der Waals surface area contributed by atoms with Gasteiger partial charge in [-0.15, -0.1) is 0 Å². The Balaban J connectivity index is 1.90. The first kappa shape index (κ1) is 21.1. The zero-order chi connectivity index (χ0) is 21.0. The number of aryl methyl sites for hydroxylation is 2. The van der Waals surface area contributed by atoms with Gasteiger partial charge in [0.05, 0.1) is 12.7 Å². The smallest absolute Gasteiger partial charge is 0.355 e. The molecular formula is C23H30N2O4. The van der Waals surface area contributed by atoms with Crippen molar-refractivity contribution >= 4 is 11.9 Å². The molecule has 6 nitrogen and oxygen atoms in total. The standard InChI is InChI=1S/C23H30N2O4/c1-5-28-23(27)21-16(3)20(17(4)24-21)14-25(13-18-10-8-12-29-18)22(26)19-11-7-6-9-15(19)2/h6-7,9,11,18,24H,5,8,10,12-14H2,1-4H3/t18-/m1/s1. The maximum atomic E-state index is 13.4. The second kappa shape index (κ2) is 9.27. The van der Waals surface area contributed by atoms with Crippen molar-refractivity contribution in [1.29, 1.82) is 0 Å². The van der Waals surface area contributed by atoms with Gasteiger partial charge in [0.25, 0.3) is 5.91 Å². The second-order valence-electron chi connectivity index (χ2n) is 7.58. The molecule has 0 spiro atoms. The van der Waals surface area contributed by atoms with Gasteiger partial charge in [-0.05, 0) is 63.3 Å². The Hall–Kier alpha value is -2.60. The number of nitrogens with zero attached hydrogens (tertiary/aromatic N) is 1. The van der Waals surface area contributed by atoms with Crippen molar-refractivity contribution in [3.63, 3.8) is 0 Å². The number of aromatic amines is 1. The number of amides is 1.